The lowest BCUT2D eigenvalue weighted by atomic mass is 9.99. The Bertz CT molecular complexity index is 893. The molecule has 156 valence electrons. The molecule has 29 heavy (non-hydrogen) atoms. The maximum atomic E-state index is 14.8. The second-order valence-electron chi connectivity index (χ2n) is 7.23. The van der Waals surface area contributed by atoms with Crippen LogP contribution >= 0.6 is 8.38 Å². The number of hydrogen-bond acceptors (Lipinski definition) is 6. The molecule has 1 aliphatic heterocycles. The zero-order valence-corrected chi connectivity index (χ0v) is 16.2. The van der Waals surface area contributed by atoms with Gasteiger partial charge in [-0.1, -0.05) is 30.3 Å². The van der Waals surface area contributed by atoms with Crippen molar-refractivity contribution in [1.29, 1.82) is 0 Å². The van der Waals surface area contributed by atoms with E-state index in [1.54, 1.807) is 30.3 Å². The maximum Gasteiger partial charge on any atom is 0.299 e. The molecule has 9 heteroatoms. The highest BCUT2D eigenvalue weighted by Crippen LogP contribution is 2.51. The minimum absolute atomic E-state index is 0.0137. The van der Waals surface area contributed by atoms with Gasteiger partial charge in [0.05, 0.1) is 12.2 Å². The van der Waals surface area contributed by atoms with Gasteiger partial charge in [0.1, 0.15) is 11.9 Å². The van der Waals surface area contributed by atoms with Crippen molar-refractivity contribution >= 4 is 8.38 Å². The highest BCUT2D eigenvalue weighted by molar-refractivity contribution is 7.45. The second-order valence-corrected chi connectivity index (χ2v) is 8.42. The van der Waals surface area contributed by atoms with E-state index in [0.29, 0.717) is 11.1 Å². The van der Waals surface area contributed by atoms with Gasteiger partial charge in [0.2, 0.25) is 6.29 Å². The zero-order valence-electron chi connectivity index (χ0n) is 15.3. The fourth-order valence-electron chi connectivity index (χ4n) is 3.85. The molecule has 0 aromatic heterocycles. The average molecular weight is 426 g/mol. The molecule has 0 spiro atoms. The maximum absolute atomic E-state index is 14.8. The number of aliphatic hydroxyl groups is 2. The number of aliphatic hydroxyl groups excluding tert-OH is 2. The molecular weight excluding hydrogens is 405 g/mol. The molecule has 1 heterocycles. The molecule has 1 aliphatic carbocycles. The summed E-state index contributed by atoms with van der Waals surface area (Å²) in [7, 11) is -2.15. The molecule has 4 atom stereocenters. The predicted molar refractivity (Wildman–Crippen MR) is 102 cm³/mol. The molecule has 4 rings (SSSR count). The van der Waals surface area contributed by atoms with Crippen LogP contribution in [0.15, 0.2) is 42.5 Å². The zero-order chi connectivity index (χ0) is 20.8. The molecule has 0 saturated carbocycles. The quantitative estimate of drug-likeness (QED) is 0.549. The van der Waals surface area contributed by atoms with E-state index in [-0.39, 0.29) is 35.9 Å². The number of halogens is 2. The van der Waals surface area contributed by atoms with Crippen LogP contribution in [-0.2, 0) is 10.7 Å². The van der Waals surface area contributed by atoms with Crippen molar-refractivity contribution in [3.8, 4) is 16.9 Å². The SMILES string of the molecule is OC1C[C@@H](Oc2ccc3c(c2)C(F)(F)c2ccccc2-3)OC(CCP(O)O)[C@H]1O. The Hall–Kier alpha value is -1.67. The Morgan fingerprint density at radius 3 is 2.55 bits per heavy atom. The van der Waals surface area contributed by atoms with Crippen molar-refractivity contribution in [2.45, 2.75) is 43.4 Å². The van der Waals surface area contributed by atoms with Crippen molar-refractivity contribution < 1.29 is 38.3 Å². The molecule has 2 aromatic rings. The first-order valence-corrected chi connectivity index (χ1v) is 10.7. The highest BCUT2D eigenvalue weighted by Gasteiger charge is 2.44. The number of alkyl halides is 2. The van der Waals surface area contributed by atoms with Crippen LogP contribution in [0.4, 0.5) is 8.78 Å². The molecule has 0 bridgehead atoms. The third-order valence-electron chi connectivity index (χ3n) is 5.30. The summed E-state index contributed by atoms with van der Waals surface area (Å²) in [6, 6.07) is 10.7. The van der Waals surface area contributed by atoms with Crippen LogP contribution in [0.25, 0.3) is 11.1 Å². The largest absolute Gasteiger partial charge is 0.465 e. The van der Waals surface area contributed by atoms with Crippen LogP contribution in [-0.4, -0.2) is 50.8 Å². The number of hydrogen-bond donors (Lipinski definition) is 4. The molecule has 2 aliphatic rings. The molecule has 2 aromatic carbocycles. The van der Waals surface area contributed by atoms with E-state index in [1.807, 2.05) is 0 Å². The summed E-state index contributed by atoms with van der Waals surface area (Å²) in [6.45, 7) is 0. The third kappa shape index (κ3) is 3.89. The van der Waals surface area contributed by atoms with Gasteiger partial charge in [-0.3, -0.25) is 0 Å². The summed E-state index contributed by atoms with van der Waals surface area (Å²) in [5, 5.41) is 20.1. The Labute approximate surface area is 167 Å². The first kappa shape index (κ1) is 20.6. The lowest BCUT2D eigenvalue weighted by Crippen LogP contribution is -2.50. The Balaban J connectivity index is 1.53. The predicted octanol–water partition coefficient (Wildman–Crippen LogP) is 2.71. The third-order valence-corrected chi connectivity index (χ3v) is 5.96. The van der Waals surface area contributed by atoms with E-state index in [0.717, 1.165) is 0 Å². The van der Waals surface area contributed by atoms with E-state index < -0.39 is 38.9 Å². The van der Waals surface area contributed by atoms with Crippen molar-refractivity contribution in [2.24, 2.45) is 0 Å². The molecule has 1 fully saturated rings. The van der Waals surface area contributed by atoms with Crippen molar-refractivity contribution in [2.75, 3.05) is 6.16 Å². The molecule has 2 unspecified atom stereocenters. The van der Waals surface area contributed by atoms with E-state index in [1.165, 1.54) is 12.1 Å². The fraction of sp³-hybridized carbons (Fsp3) is 0.400. The average Bonchev–Trinajstić information content (AvgIpc) is 2.91. The van der Waals surface area contributed by atoms with E-state index in [9.17, 15) is 19.0 Å². The number of rotatable bonds is 5. The normalized spacial score (nSPS) is 27.6. The molecule has 4 N–H and O–H groups in total. The number of ether oxygens (including phenoxy) is 2. The number of benzene rings is 2. The van der Waals surface area contributed by atoms with Gasteiger partial charge in [0.25, 0.3) is 5.92 Å². The van der Waals surface area contributed by atoms with Gasteiger partial charge in [-0.2, -0.15) is 8.78 Å². The Kier molecular flexibility index (Phi) is 5.59. The first-order valence-electron chi connectivity index (χ1n) is 9.23. The first-order chi connectivity index (χ1) is 13.8. The highest BCUT2D eigenvalue weighted by atomic mass is 31.2. The Morgan fingerprint density at radius 2 is 1.79 bits per heavy atom. The smallest absolute Gasteiger partial charge is 0.299 e. The topological polar surface area (TPSA) is 99.4 Å². The molecular formula is C20H21F2O6P. The fourth-order valence-corrected chi connectivity index (χ4v) is 4.34. The summed E-state index contributed by atoms with van der Waals surface area (Å²) < 4.78 is 41.0. The van der Waals surface area contributed by atoms with Gasteiger partial charge in [0.15, 0.2) is 8.38 Å². The summed E-state index contributed by atoms with van der Waals surface area (Å²) >= 11 is 0. The lowest BCUT2D eigenvalue weighted by molar-refractivity contribution is -0.222. The van der Waals surface area contributed by atoms with Gasteiger partial charge < -0.3 is 29.5 Å². The van der Waals surface area contributed by atoms with Gasteiger partial charge >= 0.3 is 0 Å². The van der Waals surface area contributed by atoms with E-state index in [2.05, 4.69) is 0 Å². The van der Waals surface area contributed by atoms with Crippen molar-refractivity contribution in [3.05, 3.63) is 53.6 Å². The van der Waals surface area contributed by atoms with Crippen LogP contribution < -0.4 is 4.74 Å². The van der Waals surface area contributed by atoms with Gasteiger partial charge in [-0.25, -0.2) is 0 Å². The van der Waals surface area contributed by atoms with Crippen LogP contribution in [0.5, 0.6) is 5.75 Å². The van der Waals surface area contributed by atoms with Gasteiger partial charge in [-0.15, -0.1) is 0 Å². The van der Waals surface area contributed by atoms with Crippen molar-refractivity contribution in [1.82, 2.24) is 0 Å². The van der Waals surface area contributed by atoms with E-state index >= 15 is 0 Å². The molecule has 6 nitrogen and oxygen atoms in total. The molecule has 1 saturated heterocycles. The second kappa shape index (κ2) is 7.87. The molecule has 0 amide bonds. The number of fused-ring (bicyclic) bond motifs is 3. The summed E-state index contributed by atoms with van der Waals surface area (Å²) in [5.41, 5.74) is 0.714. The van der Waals surface area contributed by atoms with Gasteiger partial charge in [-0.05, 0) is 29.7 Å². The van der Waals surface area contributed by atoms with Crippen LogP contribution in [0, 0.1) is 0 Å². The minimum Gasteiger partial charge on any atom is -0.465 e. The lowest BCUT2D eigenvalue weighted by Gasteiger charge is -2.37. The van der Waals surface area contributed by atoms with Crippen LogP contribution in [0.2, 0.25) is 0 Å². The summed E-state index contributed by atoms with van der Waals surface area (Å²) in [6.07, 6.45) is -4.05. The standard InChI is InChI=1S/C20H21F2O6P/c21-20(22)14-4-2-1-3-12(14)13-6-5-11(9-15(13)20)27-18-10-16(23)19(24)17(28-18)7-8-29(25)26/h1-6,9,16-19,23-26H,7-8,10H2/t16?,17?,18-,19-/m0/s1. The molecule has 0 radical (unpaired) electrons. The summed E-state index contributed by atoms with van der Waals surface area (Å²) in [4.78, 5) is 18.1. The summed E-state index contributed by atoms with van der Waals surface area (Å²) in [5.74, 6) is -2.98. The monoisotopic (exact) mass is 426 g/mol. The van der Waals surface area contributed by atoms with E-state index in [4.69, 9.17) is 19.3 Å². The Morgan fingerprint density at radius 1 is 1.07 bits per heavy atom. The van der Waals surface area contributed by atoms with Crippen LogP contribution in [0.1, 0.15) is 24.0 Å². The van der Waals surface area contributed by atoms with Gasteiger partial charge in [0, 0.05) is 23.7 Å². The minimum atomic E-state index is -3.14. The van der Waals surface area contributed by atoms with Crippen molar-refractivity contribution in [3.63, 3.8) is 0 Å². The van der Waals surface area contributed by atoms with Crippen LogP contribution in [0.3, 0.4) is 0 Å².